The number of carbonyl (C=O) groups excluding carboxylic acids is 1. The van der Waals surface area contributed by atoms with Crippen LogP contribution < -0.4 is 19.5 Å². The lowest BCUT2D eigenvalue weighted by Crippen LogP contribution is -2.44. The number of aromatic amines is 1. The Balaban J connectivity index is 1.13. The Labute approximate surface area is 339 Å². The van der Waals surface area contributed by atoms with Gasteiger partial charge in [0.1, 0.15) is 36.5 Å². The Bertz CT molecular complexity index is 2170. The summed E-state index contributed by atoms with van der Waals surface area (Å²) >= 11 is 6.90. The second kappa shape index (κ2) is 19.5. The van der Waals surface area contributed by atoms with Gasteiger partial charge in [-0.3, -0.25) is 14.7 Å². The predicted octanol–water partition coefficient (Wildman–Crippen LogP) is 7.12. The summed E-state index contributed by atoms with van der Waals surface area (Å²) in [5.41, 5.74) is 7.51. The third-order valence-electron chi connectivity index (χ3n) is 10.5. The van der Waals surface area contributed by atoms with Crippen molar-refractivity contribution in [2.75, 3.05) is 33.3 Å². The van der Waals surface area contributed by atoms with Gasteiger partial charge in [-0.15, -0.1) is 5.10 Å². The third kappa shape index (κ3) is 10.9. The maximum atomic E-state index is 11.4. The summed E-state index contributed by atoms with van der Waals surface area (Å²) in [5.74, 6) is 2.65. The van der Waals surface area contributed by atoms with E-state index in [0.29, 0.717) is 47.7 Å². The van der Waals surface area contributed by atoms with Crippen molar-refractivity contribution in [1.82, 2.24) is 40.7 Å². The summed E-state index contributed by atoms with van der Waals surface area (Å²) in [5, 5.41) is 27.2. The van der Waals surface area contributed by atoms with E-state index in [1.165, 1.54) is 6.20 Å². The average Bonchev–Trinajstić information content (AvgIpc) is 3.75. The number of H-pyrrole nitrogens is 1. The molecule has 1 atom stereocenters. The van der Waals surface area contributed by atoms with Crippen LogP contribution >= 0.6 is 11.6 Å². The molecule has 0 saturated carbocycles. The maximum Gasteiger partial charge on any atom is 0.217 e. The highest BCUT2D eigenvalue weighted by Gasteiger charge is 2.21. The molecule has 1 amide bonds. The van der Waals surface area contributed by atoms with E-state index in [0.717, 1.165) is 83.6 Å². The molecule has 57 heavy (non-hydrogen) atoms. The van der Waals surface area contributed by atoms with Gasteiger partial charge in [0.2, 0.25) is 5.91 Å². The predicted molar refractivity (Wildman–Crippen MR) is 218 cm³/mol. The fourth-order valence-electron chi connectivity index (χ4n) is 7.10. The van der Waals surface area contributed by atoms with Crippen LogP contribution in [0.2, 0.25) is 5.02 Å². The Hall–Kier alpha value is -5.55. The topological polar surface area (TPSA) is 154 Å². The van der Waals surface area contributed by atoms with Crippen LogP contribution in [0.4, 0.5) is 0 Å². The number of nitrogens with zero attached hydrogens (tertiary/aromatic N) is 7. The molecule has 1 fully saturated rings. The molecule has 13 nitrogen and oxygen atoms in total. The van der Waals surface area contributed by atoms with Crippen LogP contribution in [-0.2, 0) is 24.6 Å². The second-order valence-electron chi connectivity index (χ2n) is 14.6. The van der Waals surface area contributed by atoms with Crippen LogP contribution in [0.25, 0.3) is 11.1 Å². The van der Waals surface area contributed by atoms with Gasteiger partial charge in [0, 0.05) is 68.7 Å². The van der Waals surface area contributed by atoms with E-state index in [4.69, 9.17) is 25.8 Å². The lowest BCUT2D eigenvalue weighted by atomic mass is 9.93. The summed E-state index contributed by atoms with van der Waals surface area (Å²) < 4.78 is 19.1. The molecule has 6 rings (SSSR count). The van der Waals surface area contributed by atoms with Crippen molar-refractivity contribution in [3.8, 4) is 34.4 Å². The molecule has 5 aromatic rings. The first-order valence-corrected chi connectivity index (χ1v) is 19.6. The minimum atomic E-state index is -0.109. The molecule has 1 saturated heterocycles. The molecule has 3 aromatic carbocycles. The van der Waals surface area contributed by atoms with Gasteiger partial charge in [0.05, 0.1) is 23.2 Å². The van der Waals surface area contributed by atoms with Crippen LogP contribution in [0.15, 0.2) is 67.0 Å². The van der Waals surface area contributed by atoms with Crippen LogP contribution in [0, 0.1) is 25.2 Å². The number of hydrogen-bond donors (Lipinski definition) is 2. The summed E-state index contributed by atoms with van der Waals surface area (Å²) in [4.78, 5) is 20.1. The Morgan fingerprint density at radius 3 is 2.49 bits per heavy atom. The van der Waals surface area contributed by atoms with Crippen molar-refractivity contribution < 1.29 is 19.0 Å². The standard InChI is InChI=1S/C43H50ClN9O4/c1-28-34(9-6-10-37(28)38-11-7-12-40(29(38)2)55-18-8-15-53-16-13-36(14-17-53)47-31(4)54)27-57-42-21-41(56-26-33-19-32(22-45)23-46-24-33)35(20-39(42)44)25-52(5)30(3)43-48-50-51-49-43/h6-7,9-12,19-21,23-24,30,36H,8,13-18,25-27H2,1-5H3,(H,47,54)(H,48,49,50,51). The van der Waals surface area contributed by atoms with E-state index in [-0.39, 0.29) is 24.6 Å². The van der Waals surface area contributed by atoms with Gasteiger partial charge in [-0.05, 0) is 104 Å². The zero-order chi connectivity index (χ0) is 40.3. The number of nitriles is 1. The molecule has 1 unspecified atom stereocenters. The van der Waals surface area contributed by atoms with Gasteiger partial charge < -0.3 is 24.4 Å². The fraction of sp³-hybridized carbons (Fsp3) is 0.395. The van der Waals surface area contributed by atoms with Gasteiger partial charge in [-0.25, -0.2) is 5.10 Å². The molecular weight excluding hydrogens is 742 g/mol. The number of pyridine rings is 1. The number of amides is 1. The summed E-state index contributed by atoms with van der Waals surface area (Å²) in [7, 11) is 1.97. The first kappa shape index (κ1) is 41.1. The molecule has 0 radical (unpaired) electrons. The van der Waals surface area contributed by atoms with E-state index < -0.39 is 0 Å². The van der Waals surface area contributed by atoms with E-state index in [2.05, 4.69) is 78.8 Å². The van der Waals surface area contributed by atoms with E-state index in [1.807, 2.05) is 44.3 Å². The molecule has 2 N–H and O–H groups in total. The maximum absolute atomic E-state index is 11.4. The molecule has 298 valence electrons. The average molecular weight is 792 g/mol. The number of aromatic nitrogens is 5. The normalized spacial score (nSPS) is 13.9. The number of nitrogens with one attached hydrogen (secondary N) is 2. The highest BCUT2D eigenvalue weighted by Crippen LogP contribution is 2.37. The van der Waals surface area contributed by atoms with Gasteiger partial charge in [-0.1, -0.05) is 41.9 Å². The number of tetrazole rings is 1. The number of carbonyl (C=O) groups is 1. The third-order valence-corrected chi connectivity index (χ3v) is 10.8. The number of ether oxygens (including phenoxy) is 3. The van der Waals surface area contributed by atoms with E-state index >= 15 is 0 Å². The molecule has 1 aliphatic rings. The summed E-state index contributed by atoms with van der Waals surface area (Å²) in [6.45, 7) is 12.4. The van der Waals surface area contributed by atoms with Crippen molar-refractivity contribution in [2.24, 2.45) is 0 Å². The van der Waals surface area contributed by atoms with E-state index in [1.54, 1.807) is 19.2 Å². The highest BCUT2D eigenvalue weighted by atomic mass is 35.5. The Morgan fingerprint density at radius 1 is 1.00 bits per heavy atom. The van der Waals surface area contributed by atoms with Gasteiger partial charge in [-0.2, -0.15) is 5.26 Å². The molecule has 3 heterocycles. The SMILES string of the molecule is CC(=O)NC1CCN(CCCOc2cccc(-c3cccc(COc4cc(OCc5cncc(C#N)c5)c(CN(C)C(C)c5nnn[nH]5)cc4Cl)c3C)c2C)CC1. The first-order chi connectivity index (χ1) is 27.6. The van der Waals surface area contributed by atoms with Crippen molar-refractivity contribution in [2.45, 2.75) is 78.8 Å². The molecule has 14 heteroatoms. The van der Waals surface area contributed by atoms with Gasteiger partial charge >= 0.3 is 0 Å². The molecular formula is C43H50ClN9O4. The van der Waals surface area contributed by atoms with E-state index in [9.17, 15) is 10.1 Å². The first-order valence-electron chi connectivity index (χ1n) is 19.3. The minimum Gasteiger partial charge on any atom is -0.493 e. The number of halogens is 1. The minimum absolute atomic E-state index is 0.0472. The van der Waals surface area contributed by atoms with Crippen LogP contribution in [0.5, 0.6) is 17.2 Å². The summed E-state index contributed by atoms with van der Waals surface area (Å²) in [6.07, 6.45) is 6.10. The Morgan fingerprint density at radius 2 is 1.75 bits per heavy atom. The van der Waals surface area contributed by atoms with Gasteiger partial charge in [0.25, 0.3) is 0 Å². The number of piperidine rings is 1. The zero-order valence-corrected chi connectivity index (χ0v) is 34.0. The highest BCUT2D eigenvalue weighted by molar-refractivity contribution is 6.32. The second-order valence-corrected chi connectivity index (χ2v) is 15.0. The molecule has 1 aliphatic heterocycles. The fourth-order valence-corrected chi connectivity index (χ4v) is 7.34. The molecule has 0 spiro atoms. The quantitative estimate of drug-likeness (QED) is 0.0926. The van der Waals surface area contributed by atoms with Crippen LogP contribution in [0.1, 0.15) is 78.4 Å². The summed E-state index contributed by atoms with van der Waals surface area (Å²) in [6, 6.07) is 20.2. The van der Waals surface area contributed by atoms with Crippen molar-refractivity contribution in [3.05, 3.63) is 111 Å². The number of hydrogen-bond acceptors (Lipinski definition) is 11. The zero-order valence-electron chi connectivity index (χ0n) is 33.2. The van der Waals surface area contributed by atoms with Crippen molar-refractivity contribution in [3.63, 3.8) is 0 Å². The number of benzene rings is 3. The largest absolute Gasteiger partial charge is 0.493 e. The molecule has 0 bridgehead atoms. The van der Waals surface area contributed by atoms with Crippen molar-refractivity contribution in [1.29, 1.82) is 5.26 Å². The van der Waals surface area contributed by atoms with Crippen LogP contribution in [0.3, 0.4) is 0 Å². The lowest BCUT2D eigenvalue weighted by Gasteiger charge is -2.32. The monoisotopic (exact) mass is 791 g/mol. The Kier molecular flexibility index (Phi) is 14.1. The number of rotatable bonds is 17. The van der Waals surface area contributed by atoms with Gasteiger partial charge in [0.15, 0.2) is 5.82 Å². The number of likely N-dealkylation sites (tertiary alicyclic amines) is 1. The van der Waals surface area contributed by atoms with Crippen LogP contribution in [-0.4, -0.2) is 80.6 Å². The smallest absolute Gasteiger partial charge is 0.217 e. The lowest BCUT2D eigenvalue weighted by molar-refractivity contribution is -0.119. The molecule has 0 aliphatic carbocycles. The molecule has 2 aromatic heterocycles. The van der Waals surface area contributed by atoms with Crippen molar-refractivity contribution >= 4 is 17.5 Å².